The third-order valence-corrected chi connectivity index (χ3v) is 0.441. The highest BCUT2D eigenvalue weighted by Crippen LogP contribution is 1.86. The maximum atomic E-state index is 3.60. The summed E-state index contributed by atoms with van der Waals surface area (Å²) < 4.78 is 0. The van der Waals surface area contributed by atoms with Gasteiger partial charge in [-0.3, -0.25) is 0 Å². The lowest BCUT2D eigenvalue weighted by molar-refractivity contribution is 1.14. The van der Waals surface area contributed by atoms with E-state index in [-0.39, 0.29) is 23.3 Å². The second-order valence-corrected chi connectivity index (χ2v) is 0.824. The average molecular weight is 111 g/mol. The molecule has 0 fully saturated rings. The van der Waals surface area contributed by atoms with E-state index in [0.29, 0.717) is 0 Å². The Morgan fingerprint density at radius 1 is 1.25 bits per heavy atom. The molecule has 0 amide bonds. The summed E-state index contributed by atoms with van der Waals surface area (Å²) in [6.07, 6.45) is 3.60. The molecule has 0 atom stereocenters. The largest absolute Gasteiger partial charge is 0.185 e. The molecule has 2 nitrogen and oxygen atoms in total. The second-order valence-electron chi connectivity index (χ2n) is 0.824. The van der Waals surface area contributed by atoms with Gasteiger partial charge in [0.1, 0.15) is 0 Å². The summed E-state index contributed by atoms with van der Waals surface area (Å²) in [4.78, 5) is 0. The van der Waals surface area contributed by atoms with Crippen LogP contribution in [0.3, 0.4) is 0 Å². The smallest absolute Gasteiger partial charge is 0.0802 e. The van der Waals surface area contributed by atoms with Crippen LogP contribution in [0, 0.1) is 0 Å². The lowest BCUT2D eigenvalue weighted by Gasteiger charge is -1.56. The summed E-state index contributed by atoms with van der Waals surface area (Å²) in [5.41, 5.74) is 0. The summed E-state index contributed by atoms with van der Waals surface area (Å²) in [6.45, 7) is 0.778. The van der Waals surface area contributed by atoms with Crippen LogP contribution in [0.5, 0.6) is 0 Å². The molecule has 3 heteroatoms. The molecule has 0 saturated heterocycles. The van der Waals surface area contributed by atoms with Crippen LogP contribution in [0.25, 0.3) is 0 Å². The van der Waals surface area contributed by atoms with Crippen molar-refractivity contribution in [1.29, 1.82) is 0 Å². The third-order valence-electron chi connectivity index (χ3n) is 0.441. The maximum Gasteiger partial charge on any atom is 0.0802 e. The van der Waals surface area contributed by atoms with Crippen molar-refractivity contribution in [3.05, 3.63) is 12.3 Å². The minimum atomic E-state index is 0. The molecule has 1 rings (SSSR count). The van der Waals surface area contributed by atoms with E-state index in [1.807, 2.05) is 6.08 Å². The molecule has 1 aliphatic rings. The minimum Gasteiger partial charge on any atom is -0.185 e. The van der Waals surface area contributed by atoms with Crippen LogP contribution in [0.4, 0.5) is 0 Å². The van der Waals surface area contributed by atoms with E-state index >= 15 is 0 Å². The van der Waals surface area contributed by atoms with Crippen LogP contribution in [0.1, 0.15) is 14.9 Å². The molecule has 3 radical (unpaired) electrons. The minimum absolute atomic E-state index is 0. The fraction of sp³-hybridized carbons (Fsp3) is 0.600. The van der Waals surface area contributed by atoms with E-state index in [1.54, 1.807) is 6.20 Å². The zero-order chi connectivity index (χ0) is 3.54. The van der Waals surface area contributed by atoms with Crippen molar-refractivity contribution in [1.82, 2.24) is 0 Å². The number of hydrogen-bond donors (Lipinski definition) is 0. The zero-order valence-corrected chi connectivity index (χ0v) is 3.33. The Balaban J connectivity index is -0.0000000833. The number of hydrogen-bond acceptors (Lipinski definition) is 2. The van der Waals surface area contributed by atoms with Gasteiger partial charge >= 0.3 is 0 Å². The van der Waals surface area contributed by atoms with Gasteiger partial charge in [-0.15, -0.1) is 0 Å². The first-order valence-corrected chi connectivity index (χ1v) is 1.52. The van der Waals surface area contributed by atoms with Crippen LogP contribution in [0.15, 0.2) is 22.5 Å². The van der Waals surface area contributed by atoms with Gasteiger partial charge in [-0.25, -0.2) is 0 Å². The Kier molecular flexibility index (Phi) is 18.9. The van der Waals surface area contributed by atoms with Gasteiger partial charge in [-0.2, -0.15) is 10.2 Å². The molecule has 0 unspecified atom stereocenters. The Bertz CT molecular complexity index is 68.5. The second kappa shape index (κ2) is 9.64. The lowest BCUT2D eigenvalue weighted by atomic mass is 10.7. The standard InChI is InChI=1S/C3H4N2.2CH4.B/c1-2-4-5-3-1;;;/h1-2H,3H2;2*1H4;. The first kappa shape index (κ1) is 15.7. The molecule has 1 heterocycles. The molecule has 0 aromatic heterocycles. The van der Waals surface area contributed by atoms with Crippen LogP contribution in [0.2, 0.25) is 0 Å². The average Bonchev–Trinajstić information content (AvgIpc) is 1.76. The molecule has 8 heavy (non-hydrogen) atoms. The number of nitrogens with zero attached hydrogens (tertiary/aromatic N) is 2. The lowest BCUT2D eigenvalue weighted by Crippen LogP contribution is -1.53. The highest BCUT2D eigenvalue weighted by Gasteiger charge is 1.74. The van der Waals surface area contributed by atoms with Crippen molar-refractivity contribution in [3.8, 4) is 0 Å². The Labute approximate surface area is 53.3 Å². The van der Waals surface area contributed by atoms with E-state index in [9.17, 15) is 0 Å². The van der Waals surface area contributed by atoms with Gasteiger partial charge in [0.05, 0.1) is 6.54 Å². The Morgan fingerprint density at radius 2 is 1.88 bits per heavy atom. The normalized spacial score (nSPS) is 11.0. The first-order valence-electron chi connectivity index (χ1n) is 1.52. The molecule has 0 spiro atoms. The summed E-state index contributed by atoms with van der Waals surface area (Å²) in [5.74, 6) is 0. The summed E-state index contributed by atoms with van der Waals surface area (Å²) in [5, 5.41) is 7.12. The van der Waals surface area contributed by atoms with Crippen molar-refractivity contribution in [2.24, 2.45) is 10.2 Å². The van der Waals surface area contributed by atoms with E-state index in [1.165, 1.54) is 0 Å². The van der Waals surface area contributed by atoms with E-state index in [2.05, 4.69) is 10.2 Å². The van der Waals surface area contributed by atoms with Crippen LogP contribution >= 0.6 is 0 Å². The molecule has 0 aromatic carbocycles. The van der Waals surface area contributed by atoms with Crippen molar-refractivity contribution in [2.45, 2.75) is 14.9 Å². The Morgan fingerprint density at radius 3 is 2.00 bits per heavy atom. The molecule has 0 aliphatic carbocycles. The highest BCUT2D eigenvalue weighted by molar-refractivity contribution is 5.75. The van der Waals surface area contributed by atoms with Crippen molar-refractivity contribution < 1.29 is 0 Å². The monoisotopic (exact) mass is 111 g/mol. The third kappa shape index (κ3) is 5.40. The summed E-state index contributed by atoms with van der Waals surface area (Å²) >= 11 is 0. The van der Waals surface area contributed by atoms with E-state index in [4.69, 9.17) is 0 Å². The van der Waals surface area contributed by atoms with Crippen molar-refractivity contribution in [3.63, 3.8) is 0 Å². The molecule has 45 valence electrons. The molecule has 0 saturated carbocycles. The molecule has 0 aromatic rings. The predicted octanol–water partition coefficient (Wildman–Crippen LogP) is 1.86. The van der Waals surface area contributed by atoms with Gasteiger partial charge in [0.25, 0.3) is 0 Å². The molecule has 0 N–H and O–H groups in total. The van der Waals surface area contributed by atoms with Crippen LogP contribution in [-0.4, -0.2) is 15.0 Å². The topological polar surface area (TPSA) is 24.7 Å². The quantitative estimate of drug-likeness (QED) is 0.426. The van der Waals surface area contributed by atoms with Gasteiger partial charge in [-0.1, -0.05) is 14.9 Å². The van der Waals surface area contributed by atoms with Crippen LogP contribution in [-0.2, 0) is 0 Å². The van der Waals surface area contributed by atoms with Gasteiger partial charge < -0.3 is 0 Å². The Hall–Kier alpha value is -0.595. The molecule has 0 bridgehead atoms. The van der Waals surface area contributed by atoms with Crippen molar-refractivity contribution >= 4 is 8.41 Å². The van der Waals surface area contributed by atoms with Gasteiger partial charge in [0, 0.05) is 14.6 Å². The predicted molar refractivity (Wildman–Crippen MR) is 38.1 cm³/mol. The fourth-order valence-electron chi connectivity index (χ4n) is 0.236. The molecular formula is C5H12BN2. The van der Waals surface area contributed by atoms with Gasteiger partial charge in [0.15, 0.2) is 0 Å². The number of rotatable bonds is 0. The molecule has 1 aliphatic heterocycles. The van der Waals surface area contributed by atoms with Crippen LogP contribution < -0.4 is 0 Å². The number of azo groups is 1. The fourth-order valence-corrected chi connectivity index (χ4v) is 0.236. The van der Waals surface area contributed by atoms with Gasteiger partial charge in [0.2, 0.25) is 0 Å². The van der Waals surface area contributed by atoms with E-state index in [0.717, 1.165) is 6.54 Å². The van der Waals surface area contributed by atoms with Gasteiger partial charge in [-0.05, 0) is 6.08 Å². The summed E-state index contributed by atoms with van der Waals surface area (Å²) in [6, 6.07) is 0. The molecular weight excluding hydrogens is 98.9 g/mol. The zero-order valence-electron chi connectivity index (χ0n) is 3.33. The SMILES string of the molecule is C.C.C1=CN=NC1.[B]. The highest BCUT2D eigenvalue weighted by atomic mass is 15.1. The first-order chi connectivity index (χ1) is 2.50. The summed E-state index contributed by atoms with van der Waals surface area (Å²) in [7, 11) is 0. The van der Waals surface area contributed by atoms with E-state index < -0.39 is 0 Å². The maximum absolute atomic E-state index is 3.60. The van der Waals surface area contributed by atoms with Crippen molar-refractivity contribution in [2.75, 3.05) is 6.54 Å².